The fraction of sp³-hybridized carbons (Fsp3) is 0.545. The van der Waals surface area contributed by atoms with Gasteiger partial charge in [0.25, 0.3) is 0 Å². The molecular formula is C22H28O11. The molecule has 1 aromatic carbocycles. The molecular weight excluding hydrogens is 440 g/mol. The highest BCUT2D eigenvalue weighted by Crippen LogP contribution is 2.29. The maximum Gasteiger partial charge on any atom is 0.306 e. The lowest BCUT2D eigenvalue weighted by Gasteiger charge is -2.42. The van der Waals surface area contributed by atoms with E-state index in [1.54, 1.807) is 24.3 Å². The molecule has 1 aromatic rings. The van der Waals surface area contributed by atoms with Gasteiger partial charge in [0.15, 0.2) is 6.10 Å². The van der Waals surface area contributed by atoms with Gasteiger partial charge >= 0.3 is 17.9 Å². The number of benzene rings is 1. The lowest BCUT2D eigenvalue weighted by atomic mass is 9.98. The van der Waals surface area contributed by atoms with Gasteiger partial charge < -0.3 is 38.3 Å². The molecule has 33 heavy (non-hydrogen) atoms. The molecule has 0 aromatic heterocycles. The van der Waals surface area contributed by atoms with Gasteiger partial charge in [0.1, 0.15) is 36.1 Å². The van der Waals surface area contributed by atoms with Gasteiger partial charge in [-0.05, 0) is 31.2 Å². The van der Waals surface area contributed by atoms with Gasteiger partial charge in [-0.2, -0.15) is 0 Å². The summed E-state index contributed by atoms with van der Waals surface area (Å²) in [5.41, 5.74) is 0. The first-order chi connectivity index (χ1) is 15.6. The van der Waals surface area contributed by atoms with Gasteiger partial charge in [0.2, 0.25) is 12.4 Å². The van der Waals surface area contributed by atoms with Crippen LogP contribution in [0.5, 0.6) is 11.5 Å². The van der Waals surface area contributed by atoms with E-state index in [9.17, 15) is 24.3 Å². The third-order valence-electron chi connectivity index (χ3n) is 4.62. The van der Waals surface area contributed by atoms with Crippen LogP contribution in [0.4, 0.5) is 0 Å². The average Bonchev–Trinajstić information content (AvgIpc) is 2.75. The molecule has 2 rings (SSSR count). The van der Waals surface area contributed by atoms with E-state index in [2.05, 4.69) is 0 Å². The van der Waals surface area contributed by atoms with E-state index in [-0.39, 0.29) is 18.6 Å². The number of esters is 3. The molecule has 1 heterocycles. The second-order valence-electron chi connectivity index (χ2n) is 7.36. The minimum absolute atomic E-state index is 0.0146. The number of methoxy groups -OCH3 is 1. The Labute approximate surface area is 190 Å². The lowest BCUT2D eigenvalue weighted by Crippen LogP contribution is -2.62. The maximum atomic E-state index is 11.9. The summed E-state index contributed by atoms with van der Waals surface area (Å²) in [7, 11) is 1.50. The highest BCUT2D eigenvalue weighted by molar-refractivity contribution is 5.80. The molecule has 0 radical (unpaired) electrons. The Kier molecular flexibility index (Phi) is 9.61. The number of rotatable bonds is 10. The van der Waals surface area contributed by atoms with Crippen molar-refractivity contribution in [2.45, 2.75) is 64.3 Å². The number of hydrogen-bond donors (Lipinski definition) is 1. The van der Waals surface area contributed by atoms with Crippen molar-refractivity contribution < 1.29 is 52.7 Å². The smallest absolute Gasteiger partial charge is 0.306 e. The molecule has 1 aliphatic rings. The summed E-state index contributed by atoms with van der Waals surface area (Å²) in [6.45, 7) is 3.21. The first kappa shape index (κ1) is 26.1. The van der Waals surface area contributed by atoms with Gasteiger partial charge in [-0.1, -0.05) is 0 Å². The quantitative estimate of drug-likeness (QED) is 0.387. The monoisotopic (exact) mass is 468 g/mol. The Morgan fingerprint density at radius 3 is 2.03 bits per heavy atom. The molecule has 0 aliphatic carbocycles. The second-order valence-corrected chi connectivity index (χ2v) is 7.36. The summed E-state index contributed by atoms with van der Waals surface area (Å²) in [5, 5.41) is 10.7. The molecule has 11 nitrogen and oxygen atoms in total. The highest BCUT2D eigenvalue weighted by atomic mass is 16.7. The van der Waals surface area contributed by atoms with Gasteiger partial charge in [-0.15, -0.1) is 0 Å². The minimum Gasteiger partial charge on any atom is -0.497 e. The van der Waals surface area contributed by atoms with Crippen LogP contribution in [0.2, 0.25) is 0 Å². The molecule has 5 atom stereocenters. The molecule has 0 amide bonds. The molecule has 0 unspecified atom stereocenters. The second kappa shape index (κ2) is 12.2. The minimum atomic E-state index is -1.51. The predicted octanol–water partition coefficient (Wildman–Crippen LogP) is 0.936. The summed E-state index contributed by atoms with van der Waals surface area (Å²) in [6, 6.07) is 6.42. The molecule has 1 N–H and O–H groups in total. The summed E-state index contributed by atoms with van der Waals surface area (Å²) in [5.74, 6) is -1.41. The predicted molar refractivity (Wildman–Crippen MR) is 110 cm³/mol. The van der Waals surface area contributed by atoms with Crippen LogP contribution in [-0.4, -0.2) is 73.2 Å². The van der Waals surface area contributed by atoms with Crippen LogP contribution in [0.15, 0.2) is 24.3 Å². The van der Waals surface area contributed by atoms with Crippen LogP contribution < -0.4 is 9.47 Å². The third-order valence-corrected chi connectivity index (χ3v) is 4.62. The fourth-order valence-corrected chi connectivity index (χ4v) is 3.08. The zero-order valence-electron chi connectivity index (χ0n) is 18.8. The van der Waals surface area contributed by atoms with Crippen molar-refractivity contribution in [3.63, 3.8) is 0 Å². The number of ketones is 1. The zero-order valence-corrected chi connectivity index (χ0v) is 18.8. The summed E-state index contributed by atoms with van der Waals surface area (Å²) >= 11 is 0. The molecule has 0 bridgehead atoms. The average molecular weight is 468 g/mol. The molecule has 0 spiro atoms. The van der Waals surface area contributed by atoms with Crippen molar-refractivity contribution in [1.29, 1.82) is 0 Å². The van der Waals surface area contributed by atoms with E-state index < -0.39 is 55.2 Å². The first-order valence-corrected chi connectivity index (χ1v) is 10.2. The number of carbonyl (C=O) groups is 4. The van der Waals surface area contributed by atoms with E-state index in [4.69, 9.17) is 28.4 Å². The fourth-order valence-electron chi connectivity index (χ4n) is 3.08. The van der Waals surface area contributed by atoms with Crippen molar-refractivity contribution in [2.75, 3.05) is 13.7 Å². The highest BCUT2D eigenvalue weighted by Gasteiger charge is 2.51. The van der Waals surface area contributed by atoms with Crippen molar-refractivity contribution in [3.8, 4) is 11.5 Å². The molecule has 1 saturated heterocycles. The normalized spacial score (nSPS) is 24.3. The standard InChI is InChI=1S/C22H28O11/c1-12(23)5-10-18(26)29-11-17-19(27)20(30-13(2)24)21(31-14(3)25)22(33-17)32-16-8-6-15(28-4)7-9-16/h6-9,17,19-22,27H,5,10-11H2,1-4H3/t17-,19-,20+,21-,22-/m1/s1. The zero-order chi connectivity index (χ0) is 24.5. The largest absolute Gasteiger partial charge is 0.497 e. The van der Waals surface area contributed by atoms with Crippen molar-refractivity contribution in [2.24, 2.45) is 0 Å². The molecule has 0 saturated carbocycles. The number of ether oxygens (including phenoxy) is 6. The molecule has 1 fully saturated rings. The van der Waals surface area contributed by atoms with Gasteiger partial charge in [-0.3, -0.25) is 14.4 Å². The molecule has 182 valence electrons. The Balaban J connectivity index is 2.23. The van der Waals surface area contributed by atoms with E-state index in [1.807, 2.05) is 0 Å². The number of carbonyl (C=O) groups excluding carboxylic acids is 4. The number of aliphatic hydroxyl groups excluding tert-OH is 1. The van der Waals surface area contributed by atoms with E-state index >= 15 is 0 Å². The van der Waals surface area contributed by atoms with Crippen molar-refractivity contribution in [1.82, 2.24) is 0 Å². The van der Waals surface area contributed by atoms with Gasteiger partial charge in [-0.25, -0.2) is 0 Å². The first-order valence-electron chi connectivity index (χ1n) is 10.2. The Hall–Kier alpha value is -3.18. The summed E-state index contributed by atoms with van der Waals surface area (Å²) < 4.78 is 32.2. The SMILES string of the molecule is COc1ccc(O[C@@H]2O[C@H](COC(=O)CCC(C)=O)[C@@H](O)[C@H](OC(C)=O)[C@H]2OC(C)=O)cc1. The lowest BCUT2D eigenvalue weighted by molar-refractivity contribution is -0.285. The van der Waals surface area contributed by atoms with Crippen LogP contribution in [0, 0.1) is 0 Å². The Morgan fingerprint density at radius 1 is 0.909 bits per heavy atom. The van der Waals surface area contributed by atoms with Crippen molar-refractivity contribution in [3.05, 3.63) is 24.3 Å². The summed E-state index contributed by atoms with van der Waals surface area (Å²) in [4.78, 5) is 46.3. The van der Waals surface area contributed by atoms with Crippen molar-refractivity contribution >= 4 is 23.7 Å². The number of hydrogen-bond acceptors (Lipinski definition) is 11. The van der Waals surface area contributed by atoms with Crippen LogP contribution in [0.25, 0.3) is 0 Å². The van der Waals surface area contributed by atoms with Crippen LogP contribution >= 0.6 is 0 Å². The van der Waals surface area contributed by atoms with Crippen LogP contribution in [0.3, 0.4) is 0 Å². The van der Waals surface area contributed by atoms with E-state index in [0.717, 1.165) is 13.8 Å². The summed E-state index contributed by atoms with van der Waals surface area (Å²) in [6.07, 6.45) is -6.78. The third kappa shape index (κ3) is 8.03. The number of Topliss-reactive ketones (excluding diaryl/α,β-unsaturated/α-hetero) is 1. The molecule has 1 aliphatic heterocycles. The maximum absolute atomic E-state index is 11.9. The molecule has 11 heteroatoms. The van der Waals surface area contributed by atoms with E-state index in [0.29, 0.717) is 11.5 Å². The van der Waals surface area contributed by atoms with Crippen LogP contribution in [0.1, 0.15) is 33.6 Å². The number of aliphatic hydroxyl groups is 1. The topological polar surface area (TPSA) is 144 Å². The van der Waals surface area contributed by atoms with E-state index in [1.165, 1.54) is 14.0 Å². The van der Waals surface area contributed by atoms with Crippen LogP contribution in [-0.2, 0) is 38.1 Å². The Bertz CT molecular complexity index is 835. The van der Waals surface area contributed by atoms with Gasteiger partial charge in [0.05, 0.1) is 13.5 Å². The Morgan fingerprint density at radius 2 is 1.48 bits per heavy atom. The van der Waals surface area contributed by atoms with Gasteiger partial charge in [0, 0.05) is 20.3 Å².